The Bertz CT molecular complexity index is 2150. The number of urea groups is 3. The quantitative estimate of drug-likeness (QED) is 0.0557. The summed E-state index contributed by atoms with van der Waals surface area (Å²) in [7, 11) is 5.37. The number of imide groups is 6. The summed E-state index contributed by atoms with van der Waals surface area (Å²) in [5.74, 6) is -3.91. The van der Waals surface area contributed by atoms with Crippen molar-refractivity contribution in [3.05, 3.63) is 24.3 Å². The van der Waals surface area contributed by atoms with E-state index in [-0.39, 0.29) is 19.1 Å². The van der Waals surface area contributed by atoms with Gasteiger partial charge in [0.25, 0.3) is 5.91 Å². The summed E-state index contributed by atoms with van der Waals surface area (Å²) in [5.41, 5.74) is 0. The molecule has 3 aliphatic rings. The van der Waals surface area contributed by atoms with Gasteiger partial charge in [0, 0.05) is 34.2 Å². The van der Waals surface area contributed by atoms with Gasteiger partial charge in [0.2, 0.25) is 35.4 Å². The van der Waals surface area contributed by atoms with Crippen molar-refractivity contribution in [3.8, 4) is 11.5 Å². The molecule has 0 atom stereocenters. The molecular weight excluding hydrogens is 983 g/mol. The molecule has 1 aromatic carbocycles. The molecule has 4 rings (SSSR count). The largest absolute Gasteiger partial charge is 0.493 e. The van der Waals surface area contributed by atoms with Crippen molar-refractivity contribution in [2.75, 3.05) is 99.4 Å². The number of ether oxygens (including phenoxy) is 5. The molecule has 3 saturated heterocycles. The number of hydrogen-bond donors (Lipinski definition) is 0. The fourth-order valence-electron chi connectivity index (χ4n) is 6.57. The van der Waals surface area contributed by atoms with Gasteiger partial charge in [0.05, 0.1) is 26.9 Å². The number of rotatable bonds is 26. The predicted octanol–water partition coefficient (Wildman–Crippen LogP) is 2.46. The molecule has 25 nitrogen and oxygen atoms in total. The van der Waals surface area contributed by atoms with Crippen LogP contribution in [0.4, 0.5) is 14.4 Å². The number of thioether (sulfide) groups is 1. The Morgan fingerprint density at radius 3 is 1.27 bits per heavy atom. The van der Waals surface area contributed by atoms with Crippen LogP contribution in [-0.2, 0) is 62.2 Å². The van der Waals surface area contributed by atoms with Crippen LogP contribution in [0.2, 0.25) is 0 Å². The molecule has 404 valence electrons. The molecule has 0 N–H and O–H groups in total. The molecule has 0 bridgehead atoms. The molecule has 13 amide bonds. The third-order valence-electron chi connectivity index (χ3n) is 11.0. The van der Waals surface area contributed by atoms with Crippen LogP contribution >= 0.6 is 11.8 Å². The van der Waals surface area contributed by atoms with Crippen molar-refractivity contribution in [1.82, 2.24) is 34.3 Å². The Kier molecular flexibility index (Phi) is 27.8. The van der Waals surface area contributed by atoms with Gasteiger partial charge < -0.3 is 28.6 Å². The number of para-hydroxylation sites is 2. The molecule has 0 spiro atoms. The van der Waals surface area contributed by atoms with E-state index in [1.807, 2.05) is 36.0 Å². The van der Waals surface area contributed by atoms with E-state index < -0.39 is 117 Å². The van der Waals surface area contributed by atoms with Crippen LogP contribution in [0.15, 0.2) is 24.3 Å². The normalized spacial score (nSPS) is 14.9. The molecular formula is C47H67N7O18S. The van der Waals surface area contributed by atoms with Gasteiger partial charge in [-0.1, -0.05) is 25.0 Å². The Morgan fingerprint density at radius 2 is 0.890 bits per heavy atom. The number of likely N-dealkylation sites (N-methyl/N-ethyl adjacent to an activating group) is 1. The van der Waals surface area contributed by atoms with Gasteiger partial charge in [-0.3, -0.25) is 77.3 Å². The fourth-order valence-corrected chi connectivity index (χ4v) is 7.06. The van der Waals surface area contributed by atoms with Crippen molar-refractivity contribution in [1.29, 1.82) is 0 Å². The minimum absolute atomic E-state index is 0.206. The highest BCUT2D eigenvalue weighted by molar-refractivity contribution is 7.98. The van der Waals surface area contributed by atoms with Crippen LogP contribution in [0.1, 0.15) is 84.5 Å². The number of esters is 3. The average Bonchev–Trinajstić information content (AvgIpc) is 3.36. The van der Waals surface area contributed by atoms with Gasteiger partial charge >= 0.3 is 36.0 Å². The summed E-state index contributed by atoms with van der Waals surface area (Å²) in [6, 6.07) is 4.98. The molecule has 0 aromatic heterocycles. The fraction of sp³-hybridized carbons (Fsp3) is 0.596. The highest BCUT2D eigenvalue weighted by Gasteiger charge is 2.39. The molecule has 1 aromatic rings. The summed E-state index contributed by atoms with van der Waals surface area (Å²) in [5, 5.41) is 0. The first-order chi connectivity index (χ1) is 34.7. The molecule has 3 aliphatic heterocycles. The number of amides is 13. The molecule has 0 saturated carbocycles. The SMILES string of the molecule is CCN(CC)C(=O)COC(=O)CN1C(=O)CC(=O)N(C)C1=O.COc1ccccc1OCCCCCCOC(=O)CN1C(=O)CC(=O)N(C)C1=O.CSCCCCCCOC(=O)CN1C(=O)CC(=O)N(C)C1=O. The van der Waals surface area contributed by atoms with Crippen molar-refractivity contribution in [2.24, 2.45) is 0 Å². The maximum absolute atomic E-state index is 11.9. The standard InChI is InChI=1S/C20H26N2O7.C14H22N2O5S.C13H19N3O6/c1-21-17(23)13-18(24)22(20(21)26)14-19(25)29-12-8-4-3-7-11-28-16-10-6-5-9-15(16)27-2;1-15-11(17)9-12(18)16(14(15)20)10-13(19)21-7-5-3-4-6-8-22-2;1-4-15(5-2)11(19)8-22-12(20)7-16-10(18)6-9(17)14(3)13(16)21/h5-6,9-10H,3-4,7-8,11-14H2,1-2H3;3-10H2,1-2H3;4-8H2,1-3H3. The number of nitrogens with zero attached hydrogens (tertiary/aromatic N) is 7. The topological polar surface area (TPSA) is 291 Å². The first-order valence-corrected chi connectivity index (χ1v) is 24.9. The van der Waals surface area contributed by atoms with Crippen LogP contribution in [0.25, 0.3) is 0 Å². The molecule has 0 radical (unpaired) electrons. The zero-order valence-electron chi connectivity index (χ0n) is 42.5. The van der Waals surface area contributed by atoms with E-state index in [4.69, 9.17) is 23.7 Å². The van der Waals surface area contributed by atoms with E-state index in [2.05, 4.69) is 6.26 Å². The van der Waals surface area contributed by atoms with Gasteiger partial charge in [-0.05, 0) is 76.5 Å². The first kappa shape index (κ1) is 62.0. The van der Waals surface area contributed by atoms with Crippen LogP contribution in [0.5, 0.6) is 11.5 Å². The molecule has 73 heavy (non-hydrogen) atoms. The van der Waals surface area contributed by atoms with Crippen molar-refractivity contribution in [3.63, 3.8) is 0 Å². The van der Waals surface area contributed by atoms with E-state index in [0.29, 0.717) is 42.5 Å². The summed E-state index contributed by atoms with van der Waals surface area (Å²) in [6.07, 6.45) is 8.02. The lowest BCUT2D eigenvalue weighted by Crippen LogP contribution is -2.54. The molecule has 3 fully saturated rings. The minimum Gasteiger partial charge on any atom is -0.493 e. The van der Waals surface area contributed by atoms with Crippen molar-refractivity contribution in [2.45, 2.75) is 84.5 Å². The number of barbiturate groups is 3. The van der Waals surface area contributed by atoms with Crippen LogP contribution in [-0.4, -0.2) is 211 Å². The first-order valence-electron chi connectivity index (χ1n) is 23.5. The molecule has 0 unspecified atom stereocenters. The maximum atomic E-state index is 11.9. The maximum Gasteiger partial charge on any atom is 0.333 e. The zero-order valence-corrected chi connectivity index (χ0v) is 43.4. The Labute approximate surface area is 427 Å². The van der Waals surface area contributed by atoms with E-state index in [9.17, 15) is 62.3 Å². The van der Waals surface area contributed by atoms with Crippen LogP contribution < -0.4 is 9.47 Å². The lowest BCUT2D eigenvalue weighted by atomic mass is 10.2. The summed E-state index contributed by atoms with van der Waals surface area (Å²) >= 11 is 1.81. The van der Waals surface area contributed by atoms with Crippen LogP contribution in [0, 0.1) is 0 Å². The highest BCUT2D eigenvalue weighted by atomic mass is 32.2. The Hall–Kier alpha value is -7.12. The molecule has 0 aliphatic carbocycles. The van der Waals surface area contributed by atoms with Gasteiger partial charge in [-0.2, -0.15) is 11.8 Å². The number of carbonyl (C=O) groups is 13. The lowest BCUT2D eigenvalue weighted by Gasteiger charge is -2.29. The second kappa shape index (κ2) is 32.8. The Balaban J connectivity index is 0.000000381. The van der Waals surface area contributed by atoms with Crippen molar-refractivity contribution >= 4 is 89.1 Å². The number of benzene rings is 1. The van der Waals surface area contributed by atoms with Crippen LogP contribution in [0.3, 0.4) is 0 Å². The van der Waals surface area contributed by atoms with Crippen molar-refractivity contribution < 1.29 is 86.0 Å². The van der Waals surface area contributed by atoms with E-state index in [1.165, 1.54) is 26.0 Å². The number of hydrogen-bond acceptors (Lipinski definition) is 19. The van der Waals surface area contributed by atoms with Gasteiger partial charge in [0.1, 0.15) is 38.9 Å². The second-order valence-electron chi connectivity index (χ2n) is 16.2. The number of methoxy groups -OCH3 is 1. The monoisotopic (exact) mass is 1050 g/mol. The number of unbranched alkanes of at least 4 members (excludes halogenated alkanes) is 6. The average molecular weight is 1050 g/mol. The summed E-state index contributed by atoms with van der Waals surface area (Å²) in [6.45, 7) is 3.61. The minimum atomic E-state index is -0.884. The van der Waals surface area contributed by atoms with Gasteiger partial charge in [-0.15, -0.1) is 0 Å². The summed E-state index contributed by atoms with van der Waals surface area (Å²) in [4.78, 5) is 157. The van der Waals surface area contributed by atoms with E-state index in [0.717, 1.165) is 75.2 Å². The zero-order chi connectivity index (χ0) is 54.6. The number of carbonyl (C=O) groups excluding carboxylic acids is 13. The second-order valence-corrected chi connectivity index (χ2v) is 17.1. The summed E-state index contributed by atoms with van der Waals surface area (Å²) < 4.78 is 25.8. The lowest BCUT2D eigenvalue weighted by molar-refractivity contribution is -0.155. The van der Waals surface area contributed by atoms with Gasteiger partial charge in [-0.25, -0.2) is 14.4 Å². The third kappa shape index (κ3) is 20.9. The Morgan fingerprint density at radius 1 is 0.521 bits per heavy atom. The van der Waals surface area contributed by atoms with E-state index >= 15 is 0 Å². The smallest absolute Gasteiger partial charge is 0.333 e. The molecule has 26 heteroatoms. The van der Waals surface area contributed by atoms with Gasteiger partial charge in [0.15, 0.2) is 18.1 Å². The predicted molar refractivity (Wildman–Crippen MR) is 258 cm³/mol. The third-order valence-corrected chi connectivity index (χ3v) is 11.7. The molecule has 3 heterocycles. The van der Waals surface area contributed by atoms with E-state index in [1.54, 1.807) is 21.0 Å². The highest BCUT2D eigenvalue weighted by Crippen LogP contribution is 2.26.